The lowest BCUT2D eigenvalue weighted by molar-refractivity contribution is 0.134. The van der Waals surface area contributed by atoms with Gasteiger partial charge in [-0.05, 0) is 55.8 Å². The number of likely N-dealkylation sites (tertiary alicyclic amines) is 1. The number of nitrogens with zero attached hydrogens (tertiary/aromatic N) is 1. The average Bonchev–Trinajstić information content (AvgIpc) is 2.47. The maximum atomic E-state index is 10.2. The maximum absolute atomic E-state index is 10.2. The molecule has 1 atom stereocenters. The molecule has 1 heterocycles. The number of benzene rings is 1. The lowest BCUT2D eigenvalue weighted by atomic mass is 10.1. The Hall–Kier alpha value is -0.510. The Kier molecular flexibility index (Phi) is 6.21. The maximum Gasteiger partial charge on any atom is 0.0802 e. The van der Waals surface area contributed by atoms with Gasteiger partial charge in [0.05, 0.1) is 6.10 Å². The fourth-order valence-electron chi connectivity index (χ4n) is 2.61. The molecule has 3 heteroatoms. The van der Waals surface area contributed by atoms with Crippen molar-refractivity contribution in [3.63, 3.8) is 0 Å². The van der Waals surface area contributed by atoms with Gasteiger partial charge in [-0.2, -0.15) is 0 Å². The summed E-state index contributed by atoms with van der Waals surface area (Å²) in [5.74, 6) is 1.09. The van der Waals surface area contributed by atoms with E-state index in [-0.39, 0.29) is 6.10 Å². The number of rotatable bonds is 6. The molecule has 19 heavy (non-hydrogen) atoms. The van der Waals surface area contributed by atoms with Crippen LogP contribution in [0.3, 0.4) is 0 Å². The van der Waals surface area contributed by atoms with Gasteiger partial charge in [-0.1, -0.05) is 25.5 Å². The minimum absolute atomic E-state index is 0.317. The summed E-state index contributed by atoms with van der Waals surface area (Å²) in [6.07, 6.45) is 4.54. The molecule has 1 N–H and O–H groups in total. The smallest absolute Gasteiger partial charge is 0.0802 e. The monoisotopic (exact) mass is 279 g/mol. The van der Waals surface area contributed by atoms with E-state index in [2.05, 4.69) is 36.1 Å². The van der Waals surface area contributed by atoms with E-state index in [9.17, 15) is 5.11 Å². The summed E-state index contributed by atoms with van der Waals surface area (Å²) >= 11 is 1.84. The third-order valence-corrected chi connectivity index (χ3v) is 4.64. The highest BCUT2D eigenvalue weighted by molar-refractivity contribution is 7.99. The first-order chi connectivity index (χ1) is 9.29. The largest absolute Gasteiger partial charge is 0.388 e. The molecule has 0 saturated carbocycles. The second-order valence-corrected chi connectivity index (χ2v) is 6.55. The van der Waals surface area contributed by atoms with E-state index < -0.39 is 0 Å². The van der Waals surface area contributed by atoms with E-state index in [0.29, 0.717) is 0 Å². The molecule has 0 spiro atoms. The summed E-state index contributed by atoms with van der Waals surface area (Å²) in [7, 11) is 0. The molecule has 1 aliphatic rings. The minimum Gasteiger partial charge on any atom is -0.388 e. The van der Waals surface area contributed by atoms with Gasteiger partial charge in [0.2, 0.25) is 0 Å². The van der Waals surface area contributed by atoms with Crippen LogP contribution in [0.5, 0.6) is 0 Å². The molecule has 0 bridgehead atoms. The van der Waals surface area contributed by atoms with E-state index >= 15 is 0 Å². The third-order valence-electron chi connectivity index (χ3n) is 3.74. The van der Waals surface area contributed by atoms with Crippen molar-refractivity contribution in [3.8, 4) is 0 Å². The van der Waals surface area contributed by atoms with E-state index in [1.807, 2.05) is 11.8 Å². The highest BCUT2D eigenvalue weighted by Gasteiger charge is 2.13. The molecule has 1 unspecified atom stereocenters. The highest BCUT2D eigenvalue weighted by atomic mass is 32.2. The number of aliphatic hydroxyl groups excluding tert-OH is 1. The van der Waals surface area contributed by atoms with Gasteiger partial charge in [-0.3, -0.25) is 0 Å². The molecule has 1 aromatic rings. The number of piperidine rings is 1. The fraction of sp³-hybridized carbons (Fsp3) is 0.625. The Balaban J connectivity index is 1.79. The van der Waals surface area contributed by atoms with Gasteiger partial charge in [0, 0.05) is 11.4 Å². The van der Waals surface area contributed by atoms with Crippen LogP contribution in [-0.2, 0) is 0 Å². The van der Waals surface area contributed by atoms with Crippen LogP contribution in [0.15, 0.2) is 29.2 Å². The van der Waals surface area contributed by atoms with Crippen LogP contribution >= 0.6 is 11.8 Å². The summed E-state index contributed by atoms with van der Waals surface area (Å²) in [6, 6.07) is 8.37. The summed E-state index contributed by atoms with van der Waals surface area (Å²) < 4.78 is 0. The summed E-state index contributed by atoms with van der Waals surface area (Å²) in [4.78, 5) is 3.77. The van der Waals surface area contributed by atoms with Crippen LogP contribution in [0.4, 0.5) is 0 Å². The van der Waals surface area contributed by atoms with Gasteiger partial charge < -0.3 is 10.0 Å². The molecular weight excluding hydrogens is 254 g/mol. The predicted octanol–water partition coefficient (Wildman–Crippen LogP) is 3.71. The number of aliphatic hydroxyl groups is 1. The highest BCUT2D eigenvalue weighted by Crippen LogP contribution is 2.23. The van der Waals surface area contributed by atoms with Crippen molar-refractivity contribution in [1.29, 1.82) is 0 Å². The van der Waals surface area contributed by atoms with Crippen LogP contribution in [-0.4, -0.2) is 35.4 Å². The molecule has 2 rings (SSSR count). The van der Waals surface area contributed by atoms with Gasteiger partial charge >= 0.3 is 0 Å². The van der Waals surface area contributed by atoms with Crippen molar-refractivity contribution < 1.29 is 5.11 Å². The first-order valence-electron chi connectivity index (χ1n) is 7.43. The number of hydrogen-bond donors (Lipinski definition) is 1. The van der Waals surface area contributed by atoms with Gasteiger partial charge in [0.15, 0.2) is 0 Å². The predicted molar refractivity (Wildman–Crippen MR) is 82.7 cm³/mol. The zero-order valence-electron chi connectivity index (χ0n) is 11.8. The summed E-state index contributed by atoms with van der Waals surface area (Å²) in [5.41, 5.74) is 1.05. The fourth-order valence-corrected chi connectivity index (χ4v) is 3.27. The normalized spacial score (nSPS) is 18.4. The van der Waals surface area contributed by atoms with Crippen molar-refractivity contribution in [1.82, 2.24) is 4.90 Å². The molecule has 1 aliphatic heterocycles. The molecule has 0 aromatic heterocycles. The van der Waals surface area contributed by atoms with E-state index in [1.54, 1.807) is 0 Å². The van der Waals surface area contributed by atoms with Crippen LogP contribution in [0.1, 0.15) is 44.3 Å². The van der Waals surface area contributed by atoms with Crippen molar-refractivity contribution in [2.45, 2.75) is 43.6 Å². The third kappa shape index (κ3) is 4.83. The SMILES string of the molecule is CCSc1ccc(C(O)CCN2CCCCC2)cc1. The molecule has 0 amide bonds. The lowest BCUT2D eigenvalue weighted by Gasteiger charge is -2.27. The van der Waals surface area contributed by atoms with Crippen molar-refractivity contribution in [2.24, 2.45) is 0 Å². The second-order valence-electron chi connectivity index (χ2n) is 5.21. The second kappa shape index (κ2) is 7.93. The van der Waals surface area contributed by atoms with E-state index in [1.165, 1.54) is 37.2 Å². The van der Waals surface area contributed by atoms with Crippen LogP contribution in [0.2, 0.25) is 0 Å². The lowest BCUT2D eigenvalue weighted by Crippen LogP contribution is -2.31. The van der Waals surface area contributed by atoms with Gasteiger partial charge in [-0.15, -0.1) is 11.8 Å². The quantitative estimate of drug-likeness (QED) is 0.803. The van der Waals surface area contributed by atoms with Gasteiger partial charge in [0.25, 0.3) is 0 Å². The molecule has 0 radical (unpaired) electrons. The standard InChI is InChI=1S/C16H25NOS/c1-2-19-15-8-6-14(7-9-15)16(18)10-13-17-11-4-3-5-12-17/h6-9,16,18H,2-5,10-13H2,1H3. The first kappa shape index (κ1) is 14.9. The molecule has 106 valence electrons. The Morgan fingerprint density at radius 2 is 1.84 bits per heavy atom. The molecule has 0 aliphatic carbocycles. The van der Waals surface area contributed by atoms with Gasteiger partial charge in [0.1, 0.15) is 0 Å². The summed E-state index contributed by atoms with van der Waals surface area (Å²) in [5, 5.41) is 10.2. The van der Waals surface area contributed by atoms with Crippen molar-refractivity contribution in [3.05, 3.63) is 29.8 Å². The van der Waals surface area contributed by atoms with Crippen LogP contribution in [0.25, 0.3) is 0 Å². The Morgan fingerprint density at radius 1 is 1.16 bits per heavy atom. The van der Waals surface area contributed by atoms with Crippen molar-refractivity contribution >= 4 is 11.8 Å². The topological polar surface area (TPSA) is 23.5 Å². The van der Waals surface area contributed by atoms with Crippen LogP contribution < -0.4 is 0 Å². The van der Waals surface area contributed by atoms with Crippen molar-refractivity contribution in [2.75, 3.05) is 25.4 Å². The Labute approximate surface area is 121 Å². The van der Waals surface area contributed by atoms with Crippen LogP contribution in [0, 0.1) is 0 Å². The summed E-state index contributed by atoms with van der Waals surface area (Å²) in [6.45, 7) is 5.59. The minimum atomic E-state index is -0.317. The zero-order valence-corrected chi connectivity index (χ0v) is 12.7. The average molecular weight is 279 g/mol. The molecule has 1 saturated heterocycles. The molecule has 2 nitrogen and oxygen atoms in total. The zero-order chi connectivity index (χ0) is 13.5. The number of thioether (sulfide) groups is 1. The molecule has 1 aromatic carbocycles. The van der Waals surface area contributed by atoms with E-state index in [4.69, 9.17) is 0 Å². The van der Waals surface area contributed by atoms with Gasteiger partial charge in [-0.25, -0.2) is 0 Å². The molecular formula is C16H25NOS. The Bertz CT molecular complexity index is 360. The first-order valence-corrected chi connectivity index (χ1v) is 8.41. The Morgan fingerprint density at radius 3 is 2.47 bits per heavy atom. The number of hydrogen-bond acceptors (Lipinski definition) is 3. The molecule has 1 fully saturated rings. The van der Waals surface area contributed by atoms with E-state index in [0.717, 1.165) is 24.3 Å².